The Hall–Kier alpha value is 0.376. The smallest absolute Gasteiger partial charge is 1.00 e. The molecule has 0 aromatic rings. The van der Waals surface area contributed by atoms with Crippen LogP contribution in [0, 0.1) is 5.92 Å². The van der Waals surface area contributed by atoms with E-state index in [9.17, 15) is 9.59 Å². The molecule has 18 heavy (non-hydrogen) atoms. The molecule has 0 aromatic heterocycles. The molecule has 1 saturated heterocycles. The van der Waals surface area contributed by atoms with Gasteiger partial charge in [0.05, 0.1) is 0 Å². The molecule has 6 heteroatoms. The zero-order chi connectivity index (χ0) is 13.1. The average molecular weight is 283 g/mol. The van der Waals surface area contributed by atoms with Gasteiger partial charge in [0.2, 0.25) is 0 Å². The van der Waals surface area contributed by atoms with Crippen LogP contribution in [-0.4, -0.2) is 40.8 Å². The number of piperidine rings is 1. The molecular weight excluding hydrogens is 261 g/mol. The Labute approximate surface area is 152 Å². The number of hydrogen-bond donors (Lipinski definition) is 1. The van der Waals surface area contributed by atoms with Crippen molar-refractivity contribution in [3.05, 3.63) is 0 Å². The second-order valence-corrected chi connectivity index (χ2v) is 5.51. The Morgan fingerprint density at radius 1 is 1.33 bits per heavy atom. The predicted octanol–water partition coefficient (Wildman–Crippen LogP) is -0.775. The first-order chi connectivity index (χ1) is 7.78. The van der Waals surface area contributed by atoms with Crippen molar-refractivity contribution in [3.8, 4) is 0 Å². The van der Waals surface area contributed by atoms with Gasteiger partial charge in [0.1, 0.15) is 5.60 Å². The second-order valence-electron chi connectivity index (χ2n) is 5.51. The molecule has 1 fully saturated rings. The van der Waals surface area contributed by atoms with E-state index in [4.69, 9.17) is 9.84 Å². The molecule has 0 spiro atoms. The third kappa shape index (κ3) is 7.09. The Morgan fingerprint density at radius 3 is 2.22 bits per heavy atom. The molecule has 1 amide bonds. The first kappa shape index (κ1) is 18.4. The minimum Gasteiger partial charge on any atom is -1.00 e. The Kier molecular flexibility index (Phi) is 8.01. The van der Waals surface area contributed by atoms with Gasteiger partial charge in [-0.1, -0.05) is 0 Å². The van der Waals surface area contributed by atoms with E-state index in [-0.39, 0.29) is 71.2 Å². The minimum atomic E-state index is -0.763. The molecular formula is C12H22KNO4. The largest absolute Gasteiger partial charge is 1.00 e. The molecule has 0 aliphatic carbocycles. The Morgan fingerprint density at radius 2 is 1.83 bits per heavy atom. The summed E-state index contributed by atoms with van der Waals surface area (Å²) in [6.07, 6.45) is 1.38. The molecule has 0 aromatic carbocycles. The van der Waals surface area contributed by atoms with E-state index in [0.29, 0.717) is 13.1 Å². The van der Waals surface area contributed by atoms with Gasteiger partial charge < -0.3 is 16.2 Å². The SMILES string of the molecule is CC(C)(C)OC(=O)N1CCC(CC(=O)O)CC1.[H-].[K+]. The molecule has 1 rings (SSSR count). The molecule has 0 radical (unpaired) electrons. The summed E-state index contributed by atoms with van der Waals surface area (Å²) >= 11 is 0. The molecule has 100 valence electrons. The number of carbonyl (C=O) groups is 2. The van der Waals surface area contributed by atoms with Gasteiger partial charge in [-0.2, -0.15) is 0 Å². The van der Waals surface area contributed by atoms with E-state index in [1.165, 1.54) is 0 Å². The number of ether oxygens (including phenoxy) is 1. The van der Waals surface area contributed by atoms with Crippen LogP contribution in [0.4, 0.5) is 4.79 Å². The average Bonchev–Trinajstić information content (AvgIpc) is 2.15. The van der Waals surface area contributed by atoms with E-state index < -0.39 is 11.6 Å². The Balaban J connectivity index is 0. The third-order valence-electron chi connectivity index (χ3n) is 2.73. The number of nitrogens with zero attached hydrogens (tertiary/aromatic N) is 1. The monoisotopic (exact) mass is 283 g/mol. The summed E-state index contributed by atoms with van der Waals surface area (Å²) in [5, 5.41) is 8.69. The number of aliphatic carboxylic acids is 1. The standard InChI is InChI=1S/C12H21NO4.K.H/c1-12(2,3)17-11(16)13-6-4-9(5-7-13)8-10(14)15;;/h9H,4-8H2,1-3H3,(H,14,15);;/q;+1;-1. The van der Waals surface area contributed by atoms with Gasteiger partial charge in [-0.25, -0.2) is 4.79 Å². The number of amides is 1. The van der Waals surface area contributed by atoms with Crippen molar-refractivity contribution in [2.45, 2.75) is 45.6 Å². The van der Waals surface area contributed by atoms with Gasteiger partial charge in [-0.15, -0.1) is 0 Å². The zero-order valence-corrected chi connectivity index (χ0v) is 14.9. The first-order valence-electron chi connectivity index (χ1n) is 5.97. The fourth-order valence-corrected chi connectivity index (χ4v) is 1.89. The van der Waals surface area contributed by atoms with E-state index in [2.05, 4.69) is 0 Å². The summed E-state index contributed by atoms with van der Waals surface area (Å²) in [6, 6.07) is 0. The van der Waals surface area contributed by atoms with Crippen LogP contribution >= 0.6 is 0 Å². The maximum Gasteiger partial charge on any atom is 1.00 e. The first-order valence-corrected chi connectivity index (χ1v) is 5.97. The predicted molar refractivity (Wildman–Crippen MR) is 63.9 cm³/mol. The van der Waals surface area contributed by atoms with Crippen LogP contribution in [-0.2, 0) is 9.53 Å². The van der Waals surface area contributed by atoms with Crippen molar-refractivity contribution >= 4 is 12.1 Å². The molecule has 0 atom stereocenters. The van der Waals surface area contributed by atoms with E-state index >= 15 is 0 Å². The maximum absolute atomic E-state index is 11.7. The quantitative estimate of drug-likeness (QED) is 0.676. The Bertz CT molecular complexity index is 299. The van der Waals surface area contributed by atoms with Crippen molar-refractivity contribution < 1.29 is 72.2 Å². The van der Waals surface area contributed by atoms with Crippen LogP contribution in [0.2, 0.25) is 0 Å². The molecule has 1 aliphatic heterocycles. The van der Waals surface area contributed by atoms with Crippen LogP contribution in [0.5, 0.6) is 0 Å². The molecule has 0 unspecified atom stereocenters. The number of hydrogen-bond acceptors (Lipinski definition) is 3. The van der Waals surface area contributed by atoms with E-state index in [0.717, 1.165) is 12.8 Å². The molecule has 1 N–H and O–H groups in total. The van der Waals surface area contributed by atoms with Gasteiger partial charge in [0.25, 0.3) is 0 Å². The van der Waals surface area contributed by atoms with Crippen LogP contribution in [0.25, 0.3) is 0 Å². The van der Waals surface area contributed by atoms with Gasteiger partial charge in [-0.3, -0.25) is 4.79 Å². The van der Waals surface area contributed by atoms with Crippen LogP contribution < -0.4 is 51.4 Å². The second kappa shape index (κ2) is 7.84. The van der Waals surface area contributed by atoms with Crippen LogP contribution in [0.3, 0.4) is 0 Å². The third-order valence-corrected chi connectivity index (χ3v) is 2.73. The van der Waals surface area contributed by atoms with Crippen molar-refractivity contribution in [1.29, 1.82) is 0 Å². The molecule has 0 bridgehead atoms. The van der Waals surface area contributed by atoms with Crippen molar-refractivity contribution in [2.75, 3.05) is 13.1 Å². The summed E-state index contributed by atoms with van der Waals surface area (Å²) in [4.78, 5) is 24.0. The zero-order valence-electron chi connectivity index (χ0n) is 12.7. The summed E-state index contributed by atoms with van der Waals surface area (Å²) in [7, 11) is 0. The number of likely N-dealkylation sites (tertiary alicyclic amines) is 1. The molecule has 1 heterocycles. The number of carboxylic acid groups (broad SMARTS) is 1. The molecule has 1 aliphatic rings. The fourth-order valence-electron chi connectivity index (χ4n) is 1.89. The topological polar surface area (TPSA) is 66.8 Å². The summed E-state index contributed by atoms with van der Waals surface area (Å²) in [6.45, 7) is 6.69. The normalized spacial score (nSPS) is 16.9. The van der Waals surface area contributed by atoms with Crippen LogP contribution in [0.15, 0.2) is 0 Å². The number of carbonyl (C=O) groups excluding carboxylic acids is 1. The van der Waals surface area contributed by atoms with Gasteiger partial charge in [0, 0.05) is 19.5 Å². The summed E-state index contributed by atoms with van der Waals surface area (Å²) < 4.78 is 5.26. The van der Waals surface area contributed by atoms with Crippen molar-refractivity contribution in [3.63, 3.8) is 0 Å². The number of rotatable bonds is 2. The summed E-state index contributed by atoms with van der Waals surface area (Å²) in [5.74, 6) is -0.577. The van der Waals surface area contributed by atoms with Crippen LogP contribution in [0.1, 0.15) is 41.5 Å². The van der Waals surface area contributed by atoms with Crippen molar-refractivity contribution in [2.24, 2.45) is 5.92 Å². The molecule has 0 saturated carbocycles. The molecule has 5 nitrogen and oxygen atoms in total. The van der Waals surface area contributed by atoms with Crippen molar-refractivity contribution in [1.82, 2.24) is 4.90 Å². The fraction of sp³-hybridized carbons (Fsp3) is 0.833. The van der Waals surface area contributed by atoms with Gasteiger partial charge in [-0.05, 0) is 39.5 Å². The van der Waals surface area contributed by atoms with E-state index in [1.807, 2.05) is 20.8 Å². The maximum atomic E-state index is 11.7. The van der Waals surface area contributed by atoms with Gasteiger partial charge in [0.15, 0.2) is 0 Å². The number of carboxylic acids is 1. The summed E-state index contributed by atoms with van der Waals surface area (Å²) in [5.41, 5.74) is -0.477. The van der Waals surface area contributed by atoms with Gasteiger partial charge >= 0.3 is 63.4 Å². The minimum absolute atomic E-state index is 0. The van der Waals surface area contributed by atoms with E-state index in [1.54, 1.807) is 4.90 Å².